The first-order valence-corrected chi connectivity index (χ1v) is 7.63. The summed E-state index contributed by atoms with van der Waals surface area (Å²) in [5.74, 6) is -0.367. The van der Waals surface area contributed by atoms with Crippen LogP contribution in [-0.4, -0.2) is 38.5 Å². The van der Waals surface area contributed by atoms with Crippen molar-refractivity contribution in [3.8, 4) is 0 Å². The van der Waals surface area contributed by atoms with Crippen LogP contribution in [0.3, 0.4) is 0 Å². The summed E-state index contributed by atoms with van der Waals surface area (Å²) in [6.45, 7) is 11.5. The molecule has 0 saturated carbocycles. The molecule has 0 saturated heterocycles. The van der Waals surface area contributed by atoms with Crippen LogP contribution < -0.4 is 0 Å². The molecule has 1 atom stereocenters. The third-order valence-corrected chi connectivity index (χ3v) is 2.92. The average Bonchev–Trinajstić information content (AvgIpc) is 2.44. The minimum absolute atomic E-state index is 0.0738. The molecule has 0 aromatic heterocycles. The maximum atomic E-state index is 11.2. The Kier molecular flexibility index (Phi) is 12.6. The Morgan fingerprint density at radius 3 is 2.45 bits per heavy atom. The van der Waals surface area contributed by atoms with Gasteiger partial charge in [-0.3, -0.25) is 0 Å². The van der Waals surface area contributed by atoms with E-state index >= 15 is 0 Å². The van der Waals surface area contributed by atoms with Crippen molar-refractivity contribution in [1.82, 2.24) is 0 Å². The van der Waals surface area contributed by atoms with Crippen molar-refractivity contribution in [2.45, 2.75) is 59.0 Å². The molecule has 1 unspecified atom stereocenters. The highest BCUT2D eigenvalue weighted by molar-refractivity contribution is 5.86. The van der Waals surface area contributed by atoms with Crippen molar-refractivity contribution >= 4 is 5.97 Å². The van der Waals surface area contributed by atoms with E-state index in [9.17, 15) is 4.79 Å². The second-order valence-corrected chi connectivity index (χ2v) is 4.95. The topological polar surface area (TPSA) is 44.8 Å². The van der Waals surface area contributed by atoms with Gasteiger partial charge in [-0.15, -0.1) is 0 Å². The lowest BCUT2D eigenvalue weighted by atomic mass is 10.2. The lowest BCUT2D eigenvalue weighted by molar-refractivity contribution is -0.141. The first-order chi connectivity index (χ1) is 9.61. The summed E-state index contributed by atoms with van der Waals surface area (Å²) in [7, 11) is 0. The Morgan fingerprint density at radius 1 is 1.10 bits per heavy atom. The zero-order valence-electron chi connectivity index (χ0n) is 13.3. The molecule has 0 rings (SSSR count). The number of hydrogen-bond acceptors (Lipinski definition) is 4. The highest BCUT2D eigenvalue weighted by atomic mass is 16.6. The summed E-state index contributed by atoms with van der Waals surface area (Å²) in [5, 5.41) is 0. The van der Waals surface area contributed by atoms with Crippen molar-refractivity contribution in [2.24, 2.45) is 0 Å². The van der Waals surface area contributed by atoms with Gasteiger partial charge < -0.3 is 14.2 Å². The molecule has 0 fully saturated rings. The molecule has 0 aliphatic rings. The first kappa shape index (κ1) is 19.1. The Hall–Kier alpha value is -0.870. The van der Waals surface area contributed by atoms with E-state index in [0.29, 0.717) is 18.8 Å². The highest BCUT2D eigenvalue weighted by Gasteiger charge is 2.08. The van der Waals surface area contributed by atoms with Gasteiger partial charge in [-0.2, -0.15) is 0 Å². The smallest absolute Gasteiger partial charge is 0.333 e. The Balaban J connectivity index is 3.51. The summed E-state index contributed by atoms with van der Waals surface area (Å²) in [6, 6.07) is 0. The molecule has 0 aliphatic carbocycles. The fourth-order valence-corrected chi connectivity index (χ4v) is 1.60. The third kappa shape index (κ3) is 11.0. The number of carbonyl (C=O) groups is 1. The lowest BCUT2D eigenvalue weighted by Crippen LogP contribution is -2.22. The van der Waals surface area contributed by atoms with Gasteiger partial charge in [0.2, 0.25) is 0 Å². The van der Waals surface area contributed by atoms with E-state index in [1.54, 1.807) is 6.92 Å². The monoisotopic (exact) mass is 286 g/mol. The summed E-state index contributed by atoms with van der Waals surface area (Å²) in [4.78, 5) is 11.2. The predicted molar refractivity (Wildman–Crippen MR) is 80.8 cm³/mol. The Morgan fingerprint density at radius 2 is 1.85 bits per heavy atom. The second-order valence-electron chi connectivity index (χ2n) is 4.95. The minimum Gasteiger partial charge on any atom is -0.460 e. The fourth-order valence-electron chi connectivity index (χ4n) is 1.60. The zero-order chi connectivity index (χ0) is 15.2. The molecule has 4 nitrogen and oxygen atoms in total. The van der Waals surface area contributed by atoms with E-state index in [0.717, 1.165) is 19.4 Å². The largest absolute Gasteiger partial charge is 0.460 e. The van der Waals surface area contributed by atoms with Gasteiger partial charge in [0, 0.05) is 12.2 Å². The van der Waals surface area contributed by atoms with E-state index in [2.05, 4.69) is 20.4 Å². The number of carbonyl (C=O) groups excluding carboxylic acids is 1. The van der Waals surface area contributed by atoms with Crippen molar-refractivity contribution in [1.29, 1.82) is 0 Å². The molecule has 0 amide bonds. The van der Waals surface area contributed by atoms with Crippen molar-refractivity contribution < 1.29 is 19.0 Å². The van der Waals surface area contributed by atoms with Crippen LogP contribution in [-0.2, 0) is 19.0 Å². The molecule has 118 valence electrons. The minimum atomic E-state index is -0.367. The highest BCUT2D eigenvalue weighted by Crippen LogP contribution is 2.03. The SMILES string of the molecule is C=C(C)C(=O)OCCOC(CC)COCCCCCC. The van der Waals surface area contributed by atoms with Crippen LogP contribution in [0, 0.1) is 0 Å². The quantitative estimate of drug-likeness (QED) is 0.295. The van der Waals surface area contributed by atoms with Crippen LogP contribution in [0.15, 0.2) is 12.2 Å². The fraction of sp³-hybridized carbons (Fsp3) is 0.812. The van der Waals surface area contributed by atoms with Crippen LogP contribution in [0.25, 0.3) is 0 Å². The van der Waals surface area contributed by atoms with Crippen LogP contribution in [0.5, 0.6) is 0 Å². The van der Waals surface area contributed by atoms with Crippen molar-refractivity contribution in [3.05, 3.63) is 12.2 Å². The zero-order valence-corrected chi connectivity index (χ0v) is 13.3. The predicted octanol–water partition coefficient (Wildman–Crippen LogP) is 3.50. The molecule has 0 bridgehead atoms. The molecule has 20 heavy (non-hydrogen) atoms. The molecular formula is C16H30O4. The van der Waals surface area contributed by atoms with Crippen LogP contribution in [0.1, 0.15) is 52.9 Å². The van der Waals surface area contributed by atoms with E-state index in [4.69, 9.17) is 14.2 Å². The molecule has 0 radical (unpaired) electrons. The van der Waals surface area contributed by atoms with Crippen LogP contribution in [0.4, 0.5) is 0 Å². The Bertz CT molecular complexity index is 263. The number of ether oxygens (including phenoxy) is 3. The van der Waals surface area contributed by atoms with Crippen molar-refractivity contribution in [3.63, 3.8) is 0 Å². The molecule has 0 spiro atoms. The van der Waals surface area contributed by atoms with Gasteiger partial charge in [0.05, 0.1) is 19.3 Å². The molecule has 0 aliphatic heterocycles. The van der Waals surface area contributed by atoms with E-state index < -0.39 is 0 Å². The third-order valence-electron chi connectivity index (χ3n) is 2.92. The first-order valence-electron chi connectivity index (χ1n) is 7.63. The summed E-state index contributed by atoms with van der Waals surface area (Å²) >= 11 is 0. The van der Waals surface area contributed by atoms with Gasteiger partial charge in [-0.1, -0.05) is 39.7 Å². The maximum absolute atomic E-state index is 11.2. The van der Waals surface area contributed by atoms with Gasteiger partial charge in [0.1, 0.15) is 6.61 Å². The van der Waals surface area contributed by atoms with Gasteiger partial charge >= 0.3 is 5.97 Å². The van der Waals surface area contributed by atoms with Crippen LogP contribution in [0.2, 0.25) is 0 Å². The van der Waals surface area contributed by atoms with E-state index in [1.165, 1.54) is 19.3 Å². The summed E-state index contributed by atoms with van der Waals surface area (Å²) < 4.78 is 16.2. The van der Waals surface area contributed by atoms with E-state index in [1.807, 2.05) is 0 Å². The van der Waals surface area contributed by atoms with Gasteiger partial charge in [-0.05, 0) is 19.8 Å². The molecule has 0 aromatic rings. The molecule has 0 N–H and O–H groups in total. The lowest BCUT2D eigenvalue weighted by Gasteiger charge is -2.16. The standard InChI is InChI=1S/C16H30O4/c1-5-7-8-9-10-18-13-15(6-2)19-11-12-20-16(17)14(3)4/h15H,3,5-13H2,1-2,4H3. The normalized spacial score (nSPS) is 12.2. The average molecular weight is 286 g/mol. The van der Waals surface area contributed by atoms with Gasteiger partial charge in [0.25, 0.3) is 0 Å². The van der Waals surface area contributed by atoms with Gasteiger partial charge in [-0.25, -0.2) is 4.79 Å². The van der Waals surface area contributed by atoms with Gasteiger partial charge in [0.15, 0.2) is 0 Å². The molecule has 0 aromatic carbocycles. The summed E-state index contributed by atoms with van der Waals surface area (Å²) in [6.07, 6.45) is 5.81. The number of unbranched alkanes of at least 4 members (excludes halogenated alkanes) is 3. The van der Waals surface area contributed by atoms with E-state index in [-0.39, 0.29) is 18.7 Å². The molecular weight excluding hydrogens is 256 g/mol. The Labute approximate surface area is 123 Å². The molecule has 4 heteroatoms. The molecule has 0 heterocycles. The number of rotatable bonds is 13. The maximum Gasteiger partial charge on any atom is 0.333 e. The second kappa shape index (κ2) is 13.1. The number of hydrogen-bond donors (Lipinski definition) is 0. The summed E-state index contributed by atoms with van der Waals surface area (Å²) in [5.41, 5.74) is 0.410. The van der Waals surface area contributed by atoms with Crippen molar-refractivity contribution in [2.75, 3.05) is 26.4 Å². The number of esters is 1. The van der Waals surface area contributed by atoms with Crippen LogP contribution >= 0.6 is 0 Å².